The van der Waals surface area contributed by atoms with Crippen LogP contribution < -0.4 is 0 Å². The van der Waals surface area contributed by atoms with Crippen molar-refractivity contribution in [1.29, 1.82) is 0 Å². The summed E-state index contributed by atoms with van der Waals surface area (Å²) in [6.45, 7) is 0. The minimum absolute atomic E-state index is 0.0602. The molecule has 0 amide bonds. The predicted octanol–water partition coefficient (Wildman–Crippen LogP) is 0.821. The van der Waals surface area contributed by atoms with Gasteiger partial charge in [-0.3, -0.25) is 0 Å². The Kier molecular flexibility index (Phi) is 1.66. The van der Waals surface area contributed by atoms with Crippen LogP contribution in [-0.2, 0) is 0 Å². The molecule has 0 unspecified atom stereocenters. The SMILES string of the molecule is C[N+](C)=C1CCC(O)=C1O. The summed E-state index contributed by atoms with van der Waals surface area (Å²) in [7, 11) is 3.70. The molecule has 0 aromatic rings. The lowest BCUT2D eigenvalue weighted by atomic mass is 10.3. The van der Waals surface area contributed by atoms with Crippen molar-refractivity contribution < 1.29 is 14.8 Å². The summed E-state index contributed by atoms with van der Waals surface area (Å²) < 4.78 is 1.82. The van der Waals surface area contributed by atoms with Crippen molar-refractivity contribution in [2.45, 2.75) is 12.8 Å². The first-order chi connectivity index (χ1) is 4.63. The molecule has 2 N–H and O–H groups in total. The van der Waals surface area contributed by atoms with Gasteiger partial charge in [-0.05, 0) is 0 Å². The normalized spacial score (nSPS) is 18.4. The summed E-state index contributed by atoms with van der Waals surface area (Å²) in [5, 5.41) is 18.2. The van der Waals surface area contributed by atoms with Crippen LogP contribution in [0.25, 0.3) is 0 Å². The Morgan fingerprint density at radius 1 is 1.20 bits per heavy atom. The lowest BCUT2D eigenvalue weighted by Crippen LogP contribution is -2.12. The first kappa shape index (κ1) is 7.12. The summed E-state index contributed by atoms with van der Waals surface area (Å²) in [5.41, 5.74) is 0.817. The van der Waals surface area contributed by atoms with Crippen LogP contribution in [-0.4, -0.2) is 34.6 Å². The van der Waals surface area contributed by atoms with Gasteiger partial charge in [0.2, 0.25) is 11.5 Å². The van der Waals surface area contributed by atoms with Crippen molar-refractivity contribution in [3.63, 3.8) is 0 Å². The van der Waals surface area contributed by atoms with E-state index in [0.29, 0.717) is 6.42 Å². The molecule has 0 spiro atoms. The summed E-state index contributed by atoms with van der Waals surface area (Å²) in [6.07, 6.45) is 1.31. The van der Waals surface area contributed by atoms with Crippen molar-refractivity contribution >= 4 is 5.71 Å². The van der Waals surface area contributed by atoms with Gasteiger partial charge in [-0.2, -0.15) is 0 Å². The van der Waals surface area contributed by atoms with Crippen LogP contribution in [0.5, 0.6) is 0 Å². The molecule has 0 atom stereocenters. The van der Waals surface area contributed by atoms with Crippen LogP contribution in [0.3, 0.4) is 0 Å². The topological polar surface area (TPSA) is 43.5 Å². The Bertz CT molecular complexity index is 212. The van der Waals surface area contributed by atoms with Gasteiger partial charge in [0.25, 0.3) is 0 Å². The molecular weight excluding hydrogens is 130 g/mol. The second kappa shape index (κ2) is 2.33. The van der Waals surface area contributed by atoms with Gasteiger partial charge in [-0.15, -0.1) is 0 Å². The van der Waals surface area contributed by atoms with Crippen molar-refractivity contribution in [2.24, 2.45) is 0 Å². The third-order valence-electron chi connectivity index (χ3n) is 1.69. The van der Waals surface area contributed by atoms with Gasteiger partial charge >= 0.3 is 0 Å². The number of hydrogen-bond donors (Lipinski definition) is 2. The largest absolute Gasteiger partial charge is 0.508 e. The second-order valence-corrected chi connectivity index (χ2v) is 2.64. The lowest BCUT2D eigenvalue weighted by Gasteiger charge is -1.92. The van der Waals surface area contributed by atoms with Crippen molar-refractivity contribution in [3.05, 3.63) is 11.5 Å². The Labute approximate surface area is 59.9 Å². The van der Waals surface area contributed by atoms with Crippen LogP contribution in [0, 0.1) is 0 Å². The maximum atomic E-state index is 9.18. The van der Waals surface area contributed by atoms with E-state index in [1.54, 1.807) is 0 Å². The Morgan fingerprint density at radius 3 is 2.00 bits per heavy atom. The van der Waals surface area contributed by atoms with Crippen LogP contribution in [0.1, 0.15) is 12.8 Å². The van der Waals surface area contributed by atoms with E-state index < -0.39 is 0 Å². The maximum Gasteiger partial charge on any atom is 0.221 e. The third-order valence-corrected chi connectivity index (χ3v) is 1.69. The zero-order valence-corrected chi connectivity index (χ0v) is 6.26. The van der Waals surface area contributed by atoms with E-state index in [4.69, 9.17) is 5.11 Å². The highest BCUT2D eigenvalue weighted by molar-refractivity contribution is 5.96. The first-order valence-corrected chi connectivity index (χ1v) is 3.27. The maximum absolute atomic E-state index is 9.18. The van der Waals surface area contributed by atoms with E-state index in [1.165, 1.54) is 0 Å². The van der Waals surface area contributed by atoms with Gasteiger partial charge in [0.1, 0.15) is 19.9 Å². The molecule has 3 heteroatoms. The van der Waals surface area contributed by atoms with Gasteiger partial charge < -0.3 is 10.2 Å². The summed E-state index contributed by atoms with van der Waals surface area (Å²) in [4.78, 5) is 0. The third kappa shape index (κ3) is 0.988. The van der Waals surface area contributed by atoms with E-state index in [-0.39, 0.29) is 11.5 Å². The molecule has 56 valence electrons. The molecule has 1 aliphatic carbocycles. The lowest BCUT2D eigenvalue weighted by molar-refractivity contribution is -0.465. The van der Waals surface area contributed by atoms with Crippen molar-refractivity contribution in [1.82, 2.24) is 0 Å². The average Bonchev–Trinajstić information content (AvgIpc) is 2.14. The molecule has 0 fully saturated rings. The molecule has 10 heavy (non-hydrogen) atoms. The highest BCUT2D eigenvalue weighted by Crippen LogP contribution is 2.18. The molecule has 0 aromatic carbocycles. The molecule has 0 radical (unpaired) electrons. The van der Waals surface area contributed by atoms with Gasteiger partial charge in [0, 0.05) is 12.8 Å². The molecular formula is C7H12NO2+. The number of allylic oxidation sites excluding steroid dienone is 2. The first-order valence-electron chi connectivity index (χ1n) is 3.27. The minimum Gasteiger partial charge on any atom is -0.508 e. The van der Waals surface area contributed by atoms with Gasteiger partial charge in [-0.25, -0.2) is 4.58 Å². The predicted molar refractivity (Wildman–Crippen MR) is 38.6 cm³/mol. The van der Waals surface area contributed by atoms with E-state index in [0.717, 1.165) is 12.1 Å². The highest BCUT2D eigenvalue weighted by Gasteiger charge is 2.25. The monoisotopic (exact) mass is 142 g/mol. The molecule has 0 aromatic heterocycles. The molecule has 0 heterocycles. The molecule has 1 aliphatic rings. The Balaban J connectivity index is 2.99. The van der Waals surface area contributed by atoms with Crippen LogP contribution in [0.15, 0.2) is 11.5 Å². The Hall–Kier alpha value is -0.990. The Morgan fingerprint density at radius 2 is 1.80 bits per heavy atom. The summed E-state index contributed by atoms with van der Waals surface area (Å²) >= 11 is 0. The molecule has 3 nitrogen and oxygen atoms in total. The van der Waals surface area contributed by atoms with Crippen LogP contribution >= 0.6 is 0 Å². The van der Waals surface area contributed by atoms with E-state index in [9.17, 15) is 5.11 Å². The van der Waals surface area contributed by atoms with E-state index in [1.807, 2.05) is 18.7 Å². The number of nitrogens with zero attached hydrogens (tertiary/aromatic N) is 1. The van der Waals surface area contributed by atoms with E-state index >= 15 is 0 Å². The standard InChI is InChI=1S/C7H11NO2/c1-8(2)5-3-4-6(9)7(5)10/h10H,3-4H2,1-2H3/p+1. The highest BCUT2D eigenvalue weighted by atomic mass is 16.3. The fraction of sp³-hybridized carbons (Fsp3) is 0.571. The van der Waals surface area contributed by atoms with Gasteiger partial charge in [0.15, 0.2) is 0 Å². The average molecular weight is 142 g/mol. The van der Waals surface area contributed by atoms with Gasteiger partial charge in [0.05, 0.1) is 0 Å². The molecule has 0 saturated carbocycles. The van der Waals surface area contributed by atoms with Gasteiger partial charge in [-0.1, -0.05) is 0 Å². The fourth-order valence-corrected chi connectivity index (χ4v) is 1.08. The van der Waals surface area contributed by atoms with E-state index in [2.05, 4.69) is 0 Å². The summed E-state index contributed by atoms with van der Waals surface area (Å²) in [5.74, 6) is 0.175. The number of rotatable bonds is 0. The zero-order chi connectivity index (χ0) is 7.72. The van der Waals surface area contributed by atoms with Crippen LogP contribution in [0.4, 0.5) is 0 Å². The number of hydrogen-bond acceptors (Lipinski definition) is 2. The van der Waals surface area contributed by atoms with Crippen molar-refractivity contribution in [2.75, 3.05) is 14.1 Å². The molecule has 1 rings (SSSR count). The number of aliphatic hydroxyl groups is 2. The molecule has 0 saturated heterocycles. The summed E-state index contributed by atoms with van der Waals surface area (Å²) in [6, 6.07) is 0. The minimum atomic E-state index is 0.0602. The smallest absolute Gasteiger partial charge is 0.221 e. The van der Waals surface area contributed by atoms with Crippen LogP contribution in [0.2, 0.25) is 0 Å². The molecule has 0 bridgehead atoms. The number of aliphatic hydroxyl groups excluding tert-OH is 2. The molecule has 0 aliphatic heterocycles. The quantitative estimate of drug-likeness (QED) is 0.492. The van der Waals surface area contributed by atoms with Crippen molar-refractivity contribution in [3.8, 4) is 0 Å². The second-order valence-electron chi connectivity index (χ2n) is 2.64. The zero-order valence-electron chi connectivity index (χ0n) is 6.26. The fourth-order valence-electron chi connectivity index (χ4n) is 1.08.